The molecule has 0 aliphatic heterocycles. The second-order valence-corrected chi connectivity index (χ2v) is 2.35. The van der Waals surface area contributed by atoms with Crippen LogP contribution in [0.3, 0.4) is 0 Å². The molecule has 0 unspecified atom stereocenters. The van der Waals surface area contributed by atoms with Gasteiger partial charge in [-0.25, -0.2) is 9.97 Å². The van der Waals surface area contributed by atoms with Crippen molar-refractivity contribution in [3.05, 3.63) is 36.2 Å². The molecule has 0 bridgehead atoms. The number of fused-ring (bicyclic) bond motifs is 1. The zero-order valence-corrected chi connectivity index (χ0v) is 6.19. The SMILES string of the molecule is O=[C]c1ccc2cccnc2n1. The summed E-state index contributed by atoms with van der Waals surface area (Å²) in [4.78, 5) is 18.2. The lowest BCUT2D eigenvalue weighted by Crippen LogP contribution is -1.88. The van der Waals surface area contributed by atoms with E-state index in [9.17, 15) is 4.79 Å². The van der Waals surface area contributed by atoms with E-state index in [2.05, 4.69) is 9.97 Å². The molecule has 2 aromatic heterocycles. The van der Waals surface area contributed by atoms with Gasteiger partial charge in [-0.1, -0.05) is 0 Å². The summed E-state index contributed by atoms with van der Waals surface area (Å²) in [5.41, 5.74) is 0.875. The van der Waals surface area contributed by atoms with Crippen molar-refractivity contribution in [2.75, 3.05) is 0 Å². The molecule has 57 valence electrons. The van der Waals surface area contributed by atoms with Gasteiger partial charge in [0.2, 0.25) is 0 Å². The number of rotatable bonds is 1. The van der Waals surface area contributed by atoms with E-state index in [1.807, 2.05) is 12.1 Å². The quantitative estimate of drug-likeness (QED) is 0.622. The van der Waals surface area contributed by atoms with Gasteiger partial charge < -0.3 is 0 Å². The van der Waals surface area contributed by atoms with Gasteiger partial charge in [0.1, 0.15) is 5.69 Å². The zero-order valence-electron chi connectivity index (χ0n) is 6.19. The van der Waals surface area contributed by atoms with E-state index < -0.39 is 0 Å². The number of aromatic nitrogens is 2. The summed E-state index contributed by atoms with van der Waals surface area (Å²) < 4.78 is 0. The minimum Gasteiger partial charge on any atom is -0.283 e. The van der Waals surface area contributed by atoms with Gasteiger partial charge in [-0.05, 0) is 24.3 Å². The van der Waals surface area contributed by atoms with Gasteiger partial charge in [0.15, 0.2) is 5.65 Å². The highest BCUT2D eigenvalue weighted by molar-refractivity contribution is 5.80. The van der Waals surface area contributed by atoms with E-state index in [0.29, 0.717) is 11.3 Å². The van der Waals surface area contributed by atoms with Crippen molar-refractivity contribution in [3.63, 3.8) is 0 Å². The van der Waals surface area contributed by atoms with Gasteiger partial charge in [0.25, 0.3) is 6.29 Å². The van der Waals surface area contributed by atoms with Crippen molar-refractivity contribution in [1.82, 2.24) is 9.97 Å². The molecular weight excluding hydrogens is 152 g/mol. The Hall–Kier alpha value is -1.77. The molecule has 2 aromatic rings. The highest BCUT2D eigenvalue weighted by Crippen LogP contribution is 2.07. The lowest BCUT2D eigenvalue weighted by molar-refractivity contribution is 0.561. The molecule has 0 saturated carbocycles. The molecule has 1 radical (unpaired) electrons. The first-order valence-corrected chi connectivity index (χ1v) is 3.50. The third-order valence-electron chi connectivity index (χ3n) is 1.57. The molecule has 2 rings (SSSR count). The first-order valence-electron chi connectivity index (χ1n) is 3.50. The van der Waals surface area contributed by atoms with Crippen LogP contribution < -0.4 is 0 Å². The van der Waals surface area contributed by atoms with E-state index in [4.69, 9.17) is 0 Å². The van der Waals surface area contributed by atoms with Gasteiger partial charge in [0, 0.05) is 11.6 Å². The number of hydrogen-bond acceptors (Lipinski definition) is 3. The van der Waals surface area contributed by atoms with E-state index in [1.54, 1.807) is 24.6 Å². The number of hydrogen-bond donors (Lipinski definition) is 0. The topological polar surface area (TPSA) is 42.9 Å². The third kappa shape index (κ3) is 1.05. The Kier molecular flexibility index (Phi) is 1.55. The smallest absolute Gasteiger partial charge is 0.253 e. The Balaban J connectivity index is 2.75. The molecule has 0 fully saturated rings. The maximum Gasteiger partial charge on any atom is 0.253 e. The minimum absolute atomic E-state index is 0.293. The standard InChI is InChI=1S/C9H5N2O/c12-6-8-4-3-7-2-1-5-10-9(7)11-8/h1-5H. The van der Waals surface area contributed by atoms with Crippen molar-refractivity contribution < 1.29 is 4.79 Å². The summed E-state index contributed by atoms with van der Waals surface area (Å²) in [5.74, 6) is 0. The average molecular weight is 157 g/mol. The fraction of sp³-hybridized carbons (Fsp3) is 0. The summed E-state index contributed by atoms with van der Waals surface area (Å²) in [6, 6.07) is 7.14. The Bertz CT molecular complexity index is 426. The first-order chi connectivity index (χ1) is 5.90. The molecule has 12 heavy (non-hydrogen) atoms. The molecule has 0 saturated heterocycles. The highest BCUT2D eigenvalue weighted by Gasteiger charge is 1.96. The summed E-state index contributed by atoms with van der Waals surface area (Å²) in [5, 5.41) is 0.927. The molecule has 0 aliphatic carbocycles. The number of carbonyl (C=O) groups excluding carboxylic acids is 1. The van der Waals surface area contributed by atoms with Crippen LogP contribution in [0.15, 0.2) is 30.5 Å². The van der Waals surface area contributed by atoms with E-state index in [1.165, 1.54) is 0 Å². The van der Waals surface area contributed by atoms with Crippen LogP contribution in [0.4, 0.5) is 0 Å². The van der Waals surface area contributed by atoms with E-state index >= 15 is 0 Å². The van der Waals surface area contributed by atoms with E-state index in [0.717, 1.165) is 5.39 Å². The van der Waals surface area contributed by atoms with Crippen LogP contribution in [0.1, 0.15) is 5.69 Å². The van der Waals surface area contributed by atoms with Crippen molar-refractivity contribution in [3.8, 4) is 0 Å². The number of nitrogens with zero attached hydrogens (tertiary/aromatic N) is 2. The normalized spacial score (nSPS) is 10.0. The van der Waals surface area contributed by atoms with Gasteiger partial charge in [-0.2, -0.15) is 0 Å². The molecule has 0 spiro atoms. The molecule has 0 atom stereocenters. The average Bonchev–Trinajstić information content (AvgIpc) is 2.17. The van der Waals surface area contributed by atoms with Crippen molar-refractivity contribution in [2.24, 2.45) is 0 Å². The summed E-state index contributed by atoms with van der Waals surface area (Å²) in [6.45, 7) is 0. The molecule has 3 nitrogen and oxygen atoms in total. The van der Waals surface area contributed by atoms with Gasteiger partial charge in [0.05, 0.1) is 0 Å². The molecule has 0 N–H and O–H groups in total. The van der Waals surface area contributed by atoms with Crippen molar-refractivity contribution in [2.45, 2.75) is 0 Å². The predicted octanol–water partition coefficient (Wildman–Crippen LogP) is 1.09. The first kappa shape index (κ1) is 6.91. The van der Waals surface area contributed by atoms with Crippen LogP contribution in [-0.2, 0) is 4.79 Å². The second-order valence-electron chi connectivity index (χ2n) is 2.35. The highest BCUT2D eigenvalue weighted by atomic mass is 16.1. The molecule has 0 aromatic carbocycles. The zero-order chi connectivity index (χ0) is 8.39. The van der Waals surface area contributed by atoms with Crippen molar-refractivity contribution >= 4 is 17.3 Å². The molecule has 0 amide bonds. The Labute approximate surface area is 69.1 Å². The van der Waals surface area contributed by atoms with Gasteiger partial charge >= 0.3 is 0 Å². The lowest BCUT2D eigenvalue weighted by atomic mass is 10.2. The minimum atomic E-state index is 0.293. The number of pyridine rings is 2. The fourth-order valence-corrected chi connectivity index (χ4v) is 1.01. The largest absolute Gasteiger partial charge is 0.283 e. The Morgan fingerprint density at radius 1 is 1.25 bits per heavy atom. The van der Waals surface area contributed by atoms with Gasteiger partial charge in [-0.3, -0.25) is 4.79 Å². The predicted molar refractivity (Wildman–Crippen MR) is 44.3 cm³/mol. The van der Waals surface area contributed by atoms with E-state index in [-0.39, 0.29) is 0 Å². The second kappa shape index (κ2) is 2.70. The lowest BCUT2D eigenvalue weighted by Gasteiger charge is -1.93. The maximum absolute atomic E-state index is 10.2. The van der Waals surface area contributed by atoms with Gasteiger partial charge in [-0.15, -0.1) is 0 Å². The fourth-order valence-electron chi connectivity index (χ4n) is 1.01. The third-order valence-corrected chi connectivity index (χ3v) is 1.57. The van der Waals surface area contributed by atoms with Crippen molar-refractivity contribution in [1.29, 1.82) is 0 Å². The molecule has 2 heterocycles. The summed E-state index contributed by atoms with van der Waals surface area (Å²) in [7, 11) is 0. The Morgan fingerprint density at radius 3 is 3.00 bits per heavy atom. The summed E-state index contributed by atoms with van der Waals surface area (Å²) >= 11 is 0. The monoisotopic (exact) mass is 157 g/mol. The van der Waals surface area contributed by atoms with Crippen LogP contribution in [-0.4, -0.2) is 16.3 Å². The molecular formula is C9H5N2O. The van der Waals surface area contributed by atoms with Crippen LogP contribution in [0, 0.1) is 0 Å². The Morgan fingerprint density at radius 2 is 2.17 bits per heavy atom. The molecule has 0 aliphatic rings. The maximum atomic E-state index is 10.2. The molecule has 3 heteroatoms. The summed E-state index contributed by atoms with van der Waals surface area (Å²) in [6.07, 6.45) is 3.36. The van der Waals surface area contributed by atoms with Crippen LogP contribution in [0.5, 0.6) is 0 Å². The van der Waals surface area contributed by atoms with Crippen LogP contribution >= 0.6 is 0 Å². The van der Waals surface area contributed by atoms with Crippen LogP contribution in [0.2, 0.25) is 0 Å². The van der Waals surface area contributed by atoms with Crippen LogP contribution in [0.25, 0.3) is 11.0 Å².